The van der Waals surface area contributed by atoms with Crippen molar-refractivity contribution in [2.75, 3.05) is 20.2 Å². The van der Waals surface area contributed by atoms with Crippen molar-refractivity contribution in [3.8, 4) is 11.5 Å². The molecule has 2 rings (SSSR count). The fraction of sp³-hybridized carbons (Fsp3) is 0.300. The molecule has 30 heavy (non-hydrogen) atoms. The second kappa shape index (κ2) is 10.6. The lowest BCUT2D eigenvalue weighted by Gasteiger charge is -2.15. The van der Waals surface area contributed by atoms with E-state index in [-0.39, 0.29) is 23.1 Å². The standard InChI is InChI=1S/C20H25N3O6S/c1-14(23-30(27,28)18-9-7-17(29-2)8-10-18)19(25)21-11-4-12-22-20(26)15-5-3-6-16(24)13-15/h3,5-10,13-14,23-24H,4,11-12H2,1-2H3,(H,21,25)(H,22,26)/t14-/m0/s1. The first-order chi connectivity index (χ1) is 14.2. The number of nitrogens with one attached hydrogen (secondary N) is 3. The van der Waals surface area contributed by atoms with Gasteiger partial charge in [0.2, 0.25) is 15.9 Å². The van der Waals surface area contributed by atoms with Gasteiger partial charge >= 0.3 is 0 Å². The van der Waals surface area contributed by atoms with Gasteiger partial charge in [-0.15, -0.1) is 0 Å². The summed E-state index contributed by atoms with van der Waals surface area (Å²) < 4.78 is 32.0. The number of carbonyl (C=O) groups is 2. The summed E-state index contributed by atoms with van der Waals surface area (Å²) in [5.41, 5.74) is 0.334. The van der Waals surface area contributed by atoms with Gasteiger partial charge < -0.3 is 20.5 Å². The summed E-state index contributed by atoms with van der Waals surface area (Å²) in [4.78, 5) is 24.1. The number of rotatable bonds is 10. The molecule has 0 spiro atoms. The zero-order valence-electron chi connectivity index (χ0n) is 16.7. The Kier molecular flexibility index (Phi) is 8.19. The van der Waals surface area contributed by atoms with Crippen LogP contribution in [0.25, 0.3) is 0 Å². The highest BCUT2D eigenvalue weighted by molar-refractivity contribution is 7.89. The number of ether oxygens (including phenoxy) is 1. The van der Waals surface area contributed by atoms with Gasteiger partial charge in [-0.3, -0.25) is 9.59 Å². The number of aromatic hydroxyl groups is 1. The maximum atomic E-state index is 12.4. The number of amides is 2. The zero-order chi connectivity index (χ0) is 22.1. The number of methoxy groups -OCH3 is 1. The second-order valence-corrected chi connectivity index (χ2v) is 8.18. The van der Waals surface area contributed by atoms with Crippen molar-refractivity contribution in [3.05, 3.63) is 54.1 Å². The molecule has 0 fully saturated rings. The minimum absolute atomic E-state index is 0.000920. The van der Waals surface area contributed by atoms with Crippen LogP contribution < -0.4 is 20.1 Å². The third kappa shape index (κ3) is 6.75. The molecule has 0 aliphatic heterocycles. The van der Waals surface area contributed by atoms with Crippen molar-refractivity contribution in [1.82, 2.24) is 15.4 Å². The molecule has 0 unspecified atom stereocenters. The maximum absolute atomic E-state index is 12.4. The van der Waals surface area contributed by atoms with E-state index in [2.05, 4.69) is 15.4 Å². The molecule has 9 nitrogen and oxygen atoms in total. The van der Waals surface area contributed by atoms with Crippen LogP contribution in [0.5, 0.6) is 11.5 Å². The number of sulfonamides is 1. The first-order valence-corrected chi connectivity index (χ1v) is 10.7. The van der Waals surface area contributed by atoms with Gasteiger partial charge in [-0.05, 0) is 55.8 Å². The Balaban J connectivity index is 1.74. The molecule has 0 bridgehead atoms. The van der Waals surface area contributed by atoms with E-state index in [4.69, 9.17) is 4.74 Å². The Morgan fingerprint density at radius 2 is 1.73 bits per heavy atom. The van der Waals surface area contributed by atoms with Crippen LogP contribution in [0.1, 0.15) is 23.7 Å². The highest BCUT2D eigenvalue weighted by Crippen LogP contribution is 2.15. The van der Waals surface area contributed by atoms with E-state index in [9.17, 15) is 23.1 Å². The Labute approximate surface area is 175 Å². The van der Waals surface area contributed by atoms with Crippen molar-refractivity contribution >= 4 is 21.8 Å². The topological polar surface area (TPSA) is 134 Å². The molecule has 4 N–H and O–H groups in total. The third-order valence-corrected chi connectivity index (χ3v) is 5.70. The molecule has 0 saturated carbocycles. The summed E-state index contributed by atoms with van der Waals surface area (Å²) in [7, 11) is -2.38. The van der Waals surface area contributed by atoms with Crippen LogP contribution in [-0.2, 0) is 14.8 Å². The van der Waals surface area contributed by atoms with Gasteiger partial charge in [0, 0.05) is 18.7 Å². The molecule has 0 heterocycles. The monoisotopic (exact) mass is 435 g/mol. The van der Waals surface area contributed by atoms with Crippen molar-refractivity contribution in [2.24, 2.45) is 0 Å². The van der Waals surface area contributed by atoms with E-state index in [0.717, 1.165) is 0 Å². The van der Waals surface area contributed by atoms with Gasteiger partial charge in [-0.25, -0.2) is 8.42 Å². The van der Waals surface area contributed by atoms with Gasteiger partial charge in [-0.1, -0.05) is 6.07 Å². The molecular weight excluding hydrogens is 410 g/mol. The smallest absolute Gasteiger partial charge is 0.251 e. The lowest BCUT2D eigenvalue weighted by atomic mass is 10.2. The fourth-order valence-corrected chi connectivity index (χ4v) is 3.72. The van der Waals surface area contributed by atoms with Crippen LogP contribution in [0.4, 0.5) is 0 Å². The lowest BCUT2D eigenvalue weighted by Crippen LogP contribution is -2.45. The van der Waals surface area contributed by atoms with E-state index in [0.29, 0.717) is 24.3 Å². The highest BCUT2D eigenvalue weighted by Gasteiger charge is 2.21. The minimum atomic E-state index is -3.85. The molecular formula is C20H25N3O6S. The first-order valence-electron chi connectivity index (χ1n) is 9.24. The summed E-state index contributed by atoms with van der Waals surface area (Å²) in [6.07, 6.45) is 0.453. The second-order valence-electron chi connectivity index (χ2n) is 6.47. The molecule has 0 aliphatic rings. The predicted octanol–water partition coefficient (Wildman–Crippen LogP) is 1.00. The van der Waals surface area contributed by atoms with Gasteiger partial charge in [0.25, 0.3) is 5.91 Å². The summed E-state index contributed by atoms with van der Waals surface area (Å²) in [6.45, 7) is 2.01. The van der Waals surface area contributed by atoms with Crippen molar-refractivity contribution in [2.45, 2.75) is 24.3 Å². The molecule has 2 aromatic carbocycles. The molecule has 0 aliphatic carbocycles. The summed E-state index contributed by atoms with van der Waals surface area (Å²) in [5, 5.41) is 14.7. The minimum Gasteiger partial charge on any atom is -0.508 e. The average Bonchev–Trinajstić information content (AvgIpc) is 2.72. The molecule has 10 heteroatoms. The van der Waals surface area contributed by atoms with E-state index in [1.54, 1.807) is 12.1 Å². The fourth-order valence-electron chi connectivity index (χ4n) is 2.51. The van der Waals surface area contributed by atoms with Crippen LogP contribution in [0, 0.1) is 0 Å². The first kappa shape index (κ1) is 23.2. The summed E-state index contributed by atoms with van der Waals surface area (Å²) in [5.74, 6) is -0.291. The van der Waals surface area contributed by atoms with Gasteiger partial charge in [0.1, 0.15) is 11.5 Å². The summed E-state index contributed by atoms with van der Waals surface area (Å²) in [6, 6.07) is 10.8. The van der Waals surface area contributed by atoms with Crippen molar-refractivity contribution < 1.29 is 27.9 Å². The Morgan fingerprint density at radius 1 is 1.07 bits per heavy atom. The molecule has 2 amide bonds. The van der Waals surface area contributed by atoms with E-state index in [1.807, 2.05) is 0 Å². The van der Waals surface area contributed by atoms with Gasteiger partial charge in [-0.2, -0.15) is 4.72 Å². The van der Waals surface area contributed by atoms with Crippen LogP contribution in [0.2, 0.25) is 0 Å². The van der Waals surface area contributed by atoms with E-state index in [1.165, 1.54) is 50.4 Å². The SMILES string of the molecule is COc1ccc(S(=O)(=O)N[C@@H](C)C(=O)NCCCNC(=O)c2cccc(O)c2)cc1. The van der Waals surface area contributed by atoms with Crippen molar-refractivity contribution in [1.29, 1.82) is 0 Å². The third-order valence-electron chi connectivity index (χ3n) is 4.14. The van der Waals surface area contributed by atoms with Crippen LogP contribution in [-0.4, -0.2) is 51.6 Å². The molecule has 0 aromatic heterocycles. The number of hydrogen-bond acceptors (Lipinski definition) is 6. The molecule has 0 radical (unpaired) electrons. The van der Waals surface area contributed by atoms with Gasteiger partial charge in [0.15, 0.2) is 0 Å². The number of phenols is 1. The Morgan fingerprint density at radius 3 is 2.37 bits per heavy atom. The number of benzene rings is 2. The van der Waals surface area contributed by atoms with E-state index < -0.39 is 22.0 Å². The Hall–Kier alpha value is -3.11. The number of carbonyl (C=O) groups excluding carboxylic acids is 2. The average molecular weight is 436 g/mol. The molecule has 0 saturated heterocycles. The van der Waals surface area contributed by atoms with Crippen LogP contribution in [0.3, 0.4) is 0 Å². The zero-order valence-corrected chi connectivity index (χ0v) is 17.5. The maximum Gasteiger partial charge on any atom is 0.251 e. The predicted molar refractivity (Wildman–Crippen MR) is 111 cm³/mol. The highest BCUT2D eigenvalue weighted by atomic mass is 32.2. The molecule has 162 valence electrons. The molecule has 2 aromatic rings. The Bertz CT molecular complexity index is 976. The summed E-state index contributed by atoms with van der Waals surface area (Å²) >= 11 is 0. The van der Waals surface area contributed by atoms with Crippen molar-refractivity contribution in [3.63, 3.8) is 0 Å². The van der Waals surface area contributed by atoms with Crippen LogP contribution >= 0.6 is 0 Å². The number of hydrogen-bond donors (Lipinski definition) is 4. The van der Waals surface area contributed by atoms with Crippen LogP contribution in [0.15, 0.2) is 53.4 Å². The van der Waals surface area contributed by atoms with E-state index >= 15 is 0 Å². The molecule has 1 atom stereocenters. The van der Waals surface area contributed by atoms with Gasteiger partial charge in [0.05, 0.1) is 18.0 Å². The largest absolute Gasteiger partial charge is 0.508 e. The quantitative estimate of drug-likeness (QED) is 0.412. The number of phenolic OH excluding ortho intramolecular Hbond substituents is 1. The lowest BCUT2D eigenvalue weighted by molar-refractivity contribution is -0.122. The normalized spacial score (nSPS) is 12.1.